The molecular formula is C21H35IN4O2. The number of piperazine rings is 1. The maximum absolute atomic E-state index is 10.6. The quantitative estimate of drug-likeness (QED) is 0.341. The number of halogens is 1. The third-order valence-corrected chi connectivity index (χ3v) is 5.48. The molecule has 7 heteroatoms. The first kappa shape index (κ1) is 23.2. The Bertz CT molecular complexity index is 585. The van der Waals surface area contributed by atoms with Crippen LogP contribution < -0.4 is 10.1 Å². The normalized spacial score (nSPS) is 19.9. The van der Waals surface area contributed by atoms with Gasteiger partial charge >= 0.3 is 0 Å². The lowest BCUT2D eigenvalue weighted by Crippen LogP contribution is -2.53. The van der Waals surface area contributed by atoms with E-state index >= 15 is 0 Å². The summed E-state index contributed by atoms with van der Waals surface area (Å²) in [4.78, 5) is 9.51. The van der Waals surface area contributed by atoms with E-state index in [1.54, 1.807) is 0 Å². The second kappa shape index (κ2) is 11.8. The maximum Gasteiger partial charge on any atom is 0.194 e. The van der Waals surface area contributed by atoms with Crippen molar-refractivity contribution < 1.29 is 9.84 Å². The highest BCUT2D eigenvalue weighted by molar-refractivity contribution is 14.0. The summed E-state index contributed by atoms with van der Waals surface area (Å²) < 4.78 is 5.81. The molecule has 0 bridgehead atoms. The van der Waals surface area contributed by atoms with Crippen LogP contribution in [0.15, 0.2) is 35.3 Å². The molecule has 0 spiro atoms. The molecular weight excluding hydrogens is 467 g/mol. The molecule has 0 unspecified atom stereocenters. The first-order valence-electron chi connectivity index (χ1n) is 10.3. The van der Waals surface area contributed by atoms with E-state index in [2.05, 4.69) is 22.0 Å². The molecule has 1 saturated carbocycles. The number of nitrogens with one attached hydrogen (secondary N) is 1. The summed E-state index contributed by atoms with van der Waals surface area (Å²) in [6, 6.07) is 9.99. The summed E-state index contributed by atoms with van der Waals surface area (Å²) in [5.74, 6) is 1.88. The van der Waals surface area contributed by atoms with Crippen LogP contribution in [0.5, 0.6) is 5.75 Å². The zero-order valence-corrected chi connectivity index (χ0v) is 19.3. The van der Waals surface area contributed by atoms with Crippen molar-refractivity contribution in [2.45, 2.75) is 38.2 Å². The van der Waals surface area contributed by atoms with E-state index in [1.807, 2.05) is 30.3 Å². The summed E-state index contributed by atoms with van der Waals surface area (Å²) in [5, 5.41) is 14.0. The van der Waals surface area contributed by atoms with E-state index < -0.39 is 5.60 Å². The van der Waals surface area contributed by atoms with Crippen LogP contribution in [0, 0.1) is 0 Å². The average Bonchev–Trinajstić information content (AvgIpc) is 3.13. The van der Waals surface area contributed by atoms with Gasteiger partial charge in [-0.3, -0.25) is 9.89 Å². The van der Waals surface area contributed by atoms with Gasteiger partial charge in [0.1, 0.15) is 12.4 Å². The van der Waals surface area contributed by atoms with Gasteiger partial charge in [0.15, 0.2) is 5.96 Å². The van der Waals surface area contributed by atoms with Crippen LogP contribution in [-0.2, 0) is 0 Å². The van der Waals surface area contributed by atoms with Gasteiger partial charge in [-0.05, 0) is 31.9 Å². The molecule has 1 saturated heterocycles. The predicted molar refractivity (Wildman–Crippen MR) is 125 cm³/mol. The van der Waals surface area contributed by atoms with Crippen molar-refractivity contribution in [1.29, 1.82) is 0 Å². The number of guanidine groups is 1. The molecule has 1 aliphatic heterocycles. The van der Waals surface area contributed by atoms with E-state index in [1.165, 1.54) is 0 Å². The van der Waals surface area contributed by atoms with Gasteiger partial charge in [0, 0.05) is 39.3 Å². The number of nitrogens with zero attached hydrogens (tertiary/aromatic N) is 3. The van der Waals surface area contributed by atoms with E-state index in [4.69, 9.17) is 9.73 Å². The van der Waals surface area contributed by atoms with Crippen molar-refractivity contribution in [1.82, 2.24) is 15.1 Å². The molecule has 1 aromatic rings. The lowest BCUT2D eigenvalue weighted by Gasteiger charge is -2.36. The molecule has 6 nitrogen and oxygen atoms in total. The van der Waals surface area contributed by atoms with Crippen LogP contribution in [0.4, 0.5) is 0 Å². The molecule has 1 aliphatic carbocycles. The number of aliphatic hydroxyl groups is 1. The third-order valence-electron chi connectivity index (χ3n) is 5.48. The second-order valence-corrected chi connectivity index (χ2v) is 7.59. The molecule has 1 heterocycles. The van der Waals surface area contributed by atoms with Gasteiger partial charge in [0.05, 0.1) is 12.1 Å². The molecule has 1 aromatic carbocycles. The second-order valence-electron chi connectivity index (χ2n) is 7.59. The fraction of sp³-hybridized carbons (Fsp3) is 0.667. The Labute approximate surface area is 186 Å². The third kappa shape index (κ3) is 7.08. The first-order valence-corrected chi connectivity index (χ1v) is 10.3. The first-order chi connectivity index (χ1) is 13.2. The topological polar surface area (TPSA) is 60.3 Å². The van der Waals surface area contributed by atoms with Crippen LogP contribution in [0.25, 0.3) is 0 Å². The summed E-state index contributed by atoms with van der Waals surface area (Å²) in [7, 11) is 0. The molecule has 28 heavy (non-hydrogen) atoms. The number of aliphatic imine (C=N–C) groups is 1. The van der Waals surface area contributed by atoms with Gasteiger partial charge < -0.3 is 20.1 Å². The average molecular weight is 502 g/mol. The number of para-hydroxylation sites is 1. The fourth-order valence-electron chi connectivity index (χ4n) is 3.83. The minimum absolute atomic E-state index is 0. The van der Waals surface area contributed by atoms with Crippen LogP contribution in [0.1, 0.15) is 32.6 Å². The Morgan fingerprint density at radius 3 is 2.46 bits per heavy atom. The lowest BCUT2D eigenvalue weighted by atomic mass is 10.0. The Kier molecular flexibility index (Phi) is 9.81. The number of rotatable bonds is 7. The minimum Gasteiger partial charge on any atom is -0.492 e. The molecule has 0 atom stereocenters. The molecule has 0 radical (unpaired) electrons. The zero-order valence-electron chi connectivity index (χ0n) is 17.0. The van der Waals surface area contributed by atoms with E-state index in [9.17, 15) is 5.11 Å². The highest BCUT2D eigenvalue weighted by Crippen LogP contribution is 2.29. The zero-order chi connectivity index (χ0) is 19.0. The Hall–Kier alpha value is -1.06. The summed E-state index contributed by atoms with van der Waals surface area (Å²) in [6.07, 6.45) is 3.99. The Morgan fingerprint density at radius 2 is 1.82 bits per heavy atom. The molecule has 0 amide bonds. The monoisotopic (exact) mass is 502 g/mol. The van der Waals surface area contributed by atoms with Gasteiger partial charge in [-0.1, -0.05) is 31.0 Å². The molecule has 3 rings (SSSR count). The van der Waals surface area contributed by atoms with Crippen molar-refractivity contribution in [2.24, 2.45) is 4.99 Å². The summed E-state index contributed by atoms with van der Waals surface area (Å²) in [5.41, 5.74) is -0.586. The molecule has 0 aromatic heterocycles. The highest BCUT2D eigenvalue weighted by atomic mass is 127. The van der Waals surface area contributed by atoms with Crippen molar-refractivity contribution in [3.8, 4) is 5.75 Å². The number of ether oxygens (including phenoxy) is 1. The Balaban J connectivity index is 0.00000280. The SMILES string of the molecule is CCNC(=NCC1(O)CCCC1)N1CCN(CCOc2ccccc2)CC1.I. The molecule has 158 valence electrons. The predicted octanol–water partition coefficient (Wildman–Crippen LogP) is 2.57. The number of hydrogen-bond donors (Lipinski definition) is 2. The smallest absolute Gasteiger partial charge is 0.194 e. The van der Waals surface area contributed by atoms with Gasteiger partial charge in [-0.25, -0.2) is 0 Å². The molecule has 2 fully saturated rings. The van der Waals surface area contributed by atoms with Crippen molar-refractivity contribution in [3.63, 3.8) is 0 Å². The van der Waals surface area contributed by atoms with Gasteiger partial charge in [-0.15, -0.1) is 24.0 Å². The van der Waals surface area contributed by atoms with Gasteiger partial charge in [-0.2, -0.15) is 0 Å². The number of benzene rings is 1. The van der Waals surface area contributed by atoms with Crippen molar-refractivity contribution in [2.75, 3.05) is 52.4 Å². The number of hydrogen-bond acceptors (Lipinski definition) is 4. The van der Waals surface area contributed by atoms with Crippen LogP contribution in [0.3, 0.4) is 0 Å². The van der Waals surface area contributed by atoms with E-state index in [-0.39, 0.29) is 24.0 Å². The van der Waals surface area contributed by atoms with E-state index in [0.29, 0.717) is 13.2 Å². The standard InChI is InChI=1S/C21H34N4O2.HI/c1-2-22-20(23-18-21(26)10-6-7-11-21)25-14-12-24(13-15-25)16-17-27-19-8-4-3-5-9-19;/h3-5,8-9,26H,2,6-7,10-18H2,1H3,(H,22,23);1H. The lowest BCUT2D eigenvalue weighted by molar-refractivity contribution is 0.0569. The van der Waals surface area contributed by atoms with Gasteiger partial charge in [0.2, 0.25) is 0 Å². The molecule has 2 aliphatic rings. The van der Waals surface area contributed by atoms with E-state index in [0.717, 1.165) is 76.7 Å². The minimum atomic E-state index is -0.586. The van der Waals surface area contributed by atoms with Crippen molar-refractivity contribution >= 4 is 29.9 Å². The maximum atomic E-state index is 10.6. The van der Waals surface area contributed by atoms with Crippen LogP contribution >= 0.6 is 24.0 Å². The van der Waals surface area contributed by atoms with Gasteiger partial charge in [0.25, 0.3) is 0 Å². The fourth-order valence-corrected chi connectivity index (χ4v) is 3.83. The summed E-state index contributed by atoms with van der Waals surface area (Å²) >= 11 is 0. The molecule has 2 N–H and O–H groups in total. The highest BCUT2D eigenvalue weighted by Gasteiger charge is 2.31. The summed E-state index contributed by atoms with van der Waals surface area (Å²) in [6.45, 7) is 9.03. The largest absolute Gasteiger partial charge is 0.492 e. The van der Waals surface area contributed by atoms with Crippen LogP contribution in [0.2, 0.25) is 0 Å². The van der Waals surface area contributed by atoms with Crippen LogP contribution in [-0.4, -0.2) is 78.9 Å². The Morgan fingerprint density at radius 1 is 1.14 bits per heavy atom. The van der Waals surface area contributed by atoms with Crippen molar-refractivity contribution in [3.05, 3.63) is 30.3 Å².